The van der Waals surface area contributed by atoms with Crippen LogP contribution in [-0.2, 0) is 35.4 Å². The molecule has 1 aromatic carbocycles. The van der Waals surface area contributed by atoms with Crippen LogP contribution in [0.3, 0.4) is 0 Å². The predicted octanol–water partition coefficient (Wildman–Crippen LogP) is -1.31. The molecule has 2 amide bonds. The summed E-state index contributed by atoms with van der Waals surface area (Å²) >= 11 is 14.1. The Bertz CT molecular complexity index is 1800. The minimum atomic E-state index is -1.38. The summed E-state index contributed by atoms with van der Waals surface area (Å²) in [6, 6.07) is 1.48. The van der Waals surface area contributed by atoms with Crippen molar-refractivity contribution in [1.82, 2.24) is 20.4 Å². The second-order valence-electron chi connectivity index (χ2n) is 9.26. The number of aliphatic carboxylic acids is 1. The quantitative estimate of drug-likeness (QED) is 0.0625. The van der Waals surface area contributed by atoms with Crippen LogP contribution in [-0.4, -0.2) is 78.5 Å². The zero-order valence-corrected chi connectivity index (χ0v) is 28.8. The molecule has 236 valence electrons. The van der Waals surface area contributed by atoms with E-state index >= 15 is 0 Å². The van der Waals surface area contributed by atoms with Crippen molar-refractivity contribution in [3.05, 3.63) is 50.3 Å². The van der Waals surface area contributed by atoms with Crippen LogP contribution in [0.25, 0.3) is 11.3 Å². The molecule has 46 heavy (non-hydrogen) atoms. The summed E-state index contributed by atoms with van der Waals surface area (Å²) in [4.78, 5) is 59.9. The molecule has 5 N–H and O–H groups in total. The Hall–Kier alpha value is -3.52. The summed E-state index contributed by atoms with van der Waals surface area (Å²) in [5.74, 6) is -4.90. The van der Waals surface area contributed by atoms with Crippen LogP contribution in [0, 0.1) is 0 Å². The van der Waals surface area contributed by atoms with Crippen molar-refractivity contribution in [2.24, 2.45) is 5.16 Å². The first-order valence-electron chi connectivity index (χ1n) is 12.5. The van der Waals surface area contributed by atoms with Gasteiger partial charge in [0.1, 0.15) is 40.9 Å². The largest absolute Gasteiger partial charge is 1.00 e. The van der Waals surface area contributed by atoms with Gasteiger partial charge in [-0.2, -0.15) is 0 Å². The molecule has 16 nitrogen and oxygen atoms in total. The number of fused-ring (bicyclic) bond motifs is 1. The van der Waals surface area contributed by atoms with Crippen LogP contribution in [0.5, 0.6) is 11.5 Å². The number of nitrogens with two attached hydrogens (primary N) is 1. The third-order valence-corrected chi connectivity index (χ3v) is 8.99. The molecular weight excluding hydrogens is 702 g/mol. The van der Waals surface area contributed by atoms with Gasteiger partial charge in [-0.1, -0.05) is 33.5 Å². The Morgan fingerprint density at radius 2 is 2.04 bits per heavy atom. The number of esters is 1. The molecule has 1 fully saturated rings. The van der Waals surface area contributed by atoms with Crippen LogP contribution in [0.15, 0.2) is 38.5 Å². The number of thiazole rings is 1. The molecule has 5 rings (SSSR count). The Kier molecular flexibility index (Phi) is 11.1. The van der Waals surface area contributed by atoms with Crippen molar-refractivity contribution >= 4 is 80.9 Å². The maximum atomic E-state index is 13.3. The molecule has 2 aromatic heterocycles. The average Bonchev–Trinajstić information content (AvgIpc) is 3.65. The van der Waals surface area contributed by atoms with Crippen molar-refractivity contribution < 1.29 is 78.2 Å². The molecule has 21 heteroatoms. The summed E-state index contributed by atoms with van der Waals surface area (Å²) in [6.07, 6.45) is 0. The fourth-order valence-electron chi connectivity index (χ4n) is 4.24. The molecule has 2 atom stereocenters. The van der Waals surface area contributed by atoms with Crippen LogP contribution in [0.2, 0.25) is 10.0 Å². The predicted molar refractivity (Wildman–Crippen MR) is 157 cm³/mol. The van der Waals surface area contributed by atoms with Gasteiger partial charge in [0.05, 0.1) is 5.02 Å². The SMILES string of the molecule is CC(=O)OCC1=C(C(=O)O)N2C(=O)[C@@H](NC(=O)/C(=N/OCc3cc(-c4cc(Cl)c([O-])c(O)c4Cl)no3)c3csc(N)n3)[C@H]2SC1.[Na+]. The van der Waals surface area contributed by atoms with Crippen LogP contribution >= 0.6 is 46.3 Å². The molecular formula is C25H19Cl2N6NaO10S2. The first-order chi connectivity index (χ1) is 21.4. The third-order valence-electron chi connectivity index (χ3n) is 6.31. The van der Waals surface area contributed by atoms with Crippen molar-refractivity contribution in [2.45, 2.75) is 24.9 Å². The van der Waals surface area contributed by atoms with E-state index < -0.39 is 46.7 Å². The minimum absolute atomic E-state index is 0. The smallest absolute Gasteiger partial charge is 0.869 e. The second-order valence-corrected chi connectivity index (χ2v) is 12.0. The number of β-lactam (4-membered cyclic amide) rings is 1. The summed E-state index contributed by atoms with van der Waals surface area (Å²) in [5.41, 5.74) is 5.59. The van der Waals surface area contributed by atoms with E-state index in [1.165, 1.54) is 36.2 Å². The molecule has 0 spiro atoms. The van der Waals surface area contributed by atoms with Gasteiger partial charge in [0.15, 0.2) is 23.2 Å². The number of aromatic nitrogens is 2. The number of carbonyl (C=O) groups excluding carboxylic acids is 3. The number of carbonyl (C=O) groups is 4. The Labute approximate surface area is 298 Å². The number of hydrogen-bond donors (Lipinski definition) is 4. The standard InChI is InChI=1S/C25H20Cl2N6O10S2.Na/c1-8(34)41-4-9-6-44-23-17(22(38)33(23)18(9)24(39)40)30-21(37)16(14-7-45-25(28)29-14)32-42-5-10-2-13(31-43-10)11-3-12(26)19(35)20(36)15(11)27;/h2-3,7,17,23,35-36H,4-6H2,1H3,(H2,28,29)(H,30,37)(H,39,40);/q;+1/p-1/b32-16+;/t17-,23-;/m1./s1. The number of nitrogen functional groups attached to an aromatic ring is 1. The fraction of sp³-hybridized carbons (Fsp3) is 0.240. The number of anilines is 1. The number of benzene rings is 1. The fourth-order valence-corrected chi connectivity index (χ4v) is 6.56. The number of carboxylic acids is 1. The molecule has 2 aliphatic heterocycles. The van der Waals surface area contributed by atoms with Crippen molar-refractivity contribution in [1.29, 1.82) is 0 Å². The summed E-state index contributed by atoms with van der Waals surface area (Å²) in [7, 11) is 0. The molecule has 2 aliphatic rings. The second kappa shape index (κ2) is 14.5. The van der Waals surface area contributed by atoms with E-state index in [2.05, 4.69) is 20.6 Å². The van der Waals surface area contributed by atoms with Crippen molar-refractivity contribution in [3.63, 3.8) is 0 Å². The molecule has 1 saturated heterocycles. The van der Waals surface area contributed by atoms with Gasteiger partial charge in [-0.05, 0) is 11.8 Å². The van der Waals surface area contributed by atoms with E-state index in [4.69, 9.17) is 43.0 Å². The molecule has 0 aliphatic carbocycles. The normalized spacial score (nSPS) is 17.5. The van der Waals surface area contributed by atoms with Crippen LogP contribution in [0.1, 0.15) is 18.4 Å². The van der Waals surface area contributed by atoms with Gasteiger partial charge in [0, 0.05) is 40.3 Å². The number of nitrogens with zero attached hydrogens (tertiary/aromatic N) is 4. The maximum Gasteiger partial charge on any atom is 1.00 e. The van der Waals surface area contributed by atoms with E-state index in [1.54, 1.807) is 0 Å². The number of oxime groups is 1. The number of rotatable bonds is 10. The van der Waals surface area contributed by atoms with Crippen molar-refractivity contribution in [3.8, 4) is 22.8 Å². The molecule has 4 heterocycles. The average molecular weight is 721 g/mol. The molecule has 3 aromatic rings. The van der Waals surface area contributed by atoms with E-state index in [-0.39, 0.29) is 103 Å². The van der Waals surface area contributed by atoms with E-state index in [0.29, 0.717) is 0 Å². The molecule has 0 saturated carbocycles. The third kappa shape index (κ3) is 7.07. The first kappa shape index (κ1) is 35.3. The number of aromatic hydroxyl groups is 1. The molecule has 0 unspecified atom stereocenters. The summed E-state index contributed by atoms with van der Waals surface area (Å²) in [6.45, 7) is 0.530. The number of amides is 2. The topological polar surface area (TPSA) is 243 Å². The minimum Gasteiger partial charge on any atom is -0.869 e. The van der Waals surface area contributed by atoms with Crippen LogP contribution in [0.4, 0.5) is 5.13 Å². The monoisotopic (exact) mass is 720 g/mol. The van der Waals surface area contributed by atoms with E-state index in [0.717, 1.165) is 16.2 Å². The zero-order valence-electron chi connectivity index (χ0n) is 23.6. The van der Waals surface area contributed by atoms with Crippen LogP contribution < -0.4 is 45.7 Å². The van der Waals surface area contributed by atoms with Gasteiger partial charge >= 0.3 is 41.5 Å². The maximum absolute atomic E-state index is 13.3. The Morgan fingerprint density at radius 1 is 1.30 bits per heavy atom. The molecule has 0 bridgehead atoms. The number of phenolic OH excluding ortho intramolecular Hbond substituents is 1. The summed E-state index contributed by atoms with van der Waals surface area (Å²) < 4.78 is 10.1. The number of thioether (sulfide) groups is 1. The number of nitrogens with one attached hydrogen (secondary N) is 1. The number of ether oxygens (including phenoxy) is 1. The van der Waals surface area contributed by atoms with E-state index in [9.17, 15) is 34.5 Å². The van der Waals surface area contributed by atoms with E-state index in [1.807, 2.05) is 0 Å². The number of carboxylic acid groups (broad SMARTS) is 1. The van der Waals surface area contributed by atoms with Gasteiger partial charge < -0.3 is 40.5 Å². The zero-order chi connectivity index (χ0) is 32.6. The number of halogens is 2. The van der Waals surface area contributed by atoms with Gasteiger partial charge in [0.2, 0.25) is 0 Å². The van der Waals surface area contributed by atoms with Crippen molar-refractivity contribution in [2.75, 3.05) is 18.1 Å². The Balaban J connectivity index is 0.00000480. The van der Waals surface area contributed by atoms with Gasteiger partial charge in [0.25, 0.3) is 11.8 Å². The van der Waals surface area contributed by atoms with Gasteiger partial charge in [-0.25, -0.2) is 9.78 Å². The number of phenols is 1. The number of hydrogen-bond acceptors (Lipinski definition) is 15. The first-order valence-corrected chi connectivity index (χ1v) is 15.1. The molecule has 0 radical (unpaired) electrons. The Morgan fingerprint density at radius 3 is 2.70 bits per heavy atom. The van der Waals surface area contributed by atoms with Gasteiger partial charge in [-0.15, -0.1) is 23.1 Å². The van der Waals surface area contributed by atoms with Gasteiger partial charge in [-0.3, -0.25) is 19.3 Å². The summed E-state index contributed by atoms with van der Waals surface area (Å²) in [5, 5.41) is 41.9.